The van der Waals surface area contributed by atoms with Crippen LogP contribution < -0.4 is 10.6 Å². The number of nitrogens with zero attached hydrogens (tertiary/aromatic N) is 1. The molecular formula is C22H31N3O3. The molecule has 2 bridgehead atoms. The van der Waals surface area contributed by atoms with Crippen molar-refractivity contribution < 1.29 is 14.3 Å². The minimum absolute atomic E-state index is 0.0607. The highest BCUT2D eigenvalue weighted by Crippen LogP contribution is 2.68. The molecule has 2 aliphatic carbocycles. The fraction of sp³-hybridized carbons (Fsp3) is 0.682. The van der Waals surface area contributed by atoms with E-state index in [1.165, 1.54) is 6.42 Å². The quantitative estimate of drug-likeness (QED) is 0.816. The summed E-state index contributed by atoms with van der Waals surface area (Å²) in [5, 5.41) is 6.30. The Bertz CT molecular complexity index is 751. The highest BCUT2D eigenvalue weighted by Gasteiger charge is 2.68. The summed E-state index contributed by atoms with van der Waals surface area (Å²) >= 11 is 0. The number of aromatic nitrogens is 1. The number of fused-ring (bicyclic) bond motifs is 1. The van der Waals surface area contributed by atoms with Gasteiger partial charge in [-0.15, -0.1) is 0 Å². The van der Waals surface area contributed by atoms with Crippen LogP contribution in [0.2, 0.25) is 0 Å². The molecule has 2 N–H and O–H groups in total. The molecule has 0 radical (unpaired) electrons. The van der Waals surface area contributed by atoms with Gasteiger partial charge in [0.15, 0.2) is 0 Å². The summed E-state index contributed by atoms with van der Waals surface area (Å²) in [5.41, 5.74) is 0.838. The molecule has 1 saturated heterocycles. The summed E-state index contributed by atoms with van der Waals surface area (Å²) in [6.07, 6.45) is 7.53. The first-order valence-corrected chi connectivity index (χ1v) is 10.4. The van der Waals surface area contributed by atoms with Crippen molar-refractivity contribution in [2.75, 3.05) is 13.2 Å². The van der Waals surface area contributed by atoms with Crippen molar-refractivity contribution in [2.45, 2.75) is 58.6 Å². The van der Waals surface area contributed by atoms with Gasteiger partial charge in [-0.3, -0.25) is 14.6 Å². The number of carbonyl (C=O) groups is 2. The van der Waals surface area contributed by atoms with Crippen molar-refractivity contribution in [3.05, 3.63) is 30.1 Å². The first-order chi connectivity index (χ1) is 13.3. The molecule has 1 aromatic heterocycles. The Hall–Kier alpha value is -1.95. The van der Waals surface area contributed by atoms with Crippen LogP contribution in [0.15, 0.2) is 24.5 Å². The first-order valence-electron chi connectivity index (χ1n) is 10.4. The van der Waals surface area contributed by atoms with Gasteiger partial charge in [0.2, 0.25) is 5.91 Å². The minimum Gasteiger partial charge on any atom is -0.378 e. The Morgan fingerprint density at radius 1 is 1.36 bits per heavy atom. The van der Waals surface area contributed by atoms with Crippen LogP contribution in [0.25, 0.3) is 0 Å². The third-order valence-electron chi connectivity index (χ3n) is 7.61. The lowest BCUT2D eigenvalue weighted by Gasteiger charge is -2.53. The van der Waals surface area contributed by atoms with Gasteiger partial charge in [0.25, 0.3) is 5.91 Å². The van der Waals surface area contributed by atoms with Crippen molar-refractivity contribution in [1.29, 1.82) is 0 Å². The highest BCUT2D eigenvalue weighted by atomic mass is 16.5. The van der Waals surface area contributed by atoms with Crippen molar-refractivity contribution >= 4 is 11.8 Å². The molecule has 28 heavy (non-hydrogen) atoms. The van der Waals surface area contributed by atoms with E-state index in [1.54, 1.807) is 31.5 Å². The molecule has 2 saturated carbocycles. The molecule has 2 heterocycles. The second-order valence-corrected chi connectivity index (χ2v) is 9.38. The summed E-state index contributed by atoms with van der Waals surface area (Å²) in [7, 11) is 0. The van der Waals surface area contributed by atoms with Crippen molar-refractivity contribution in [2.24, 2.45) is 22.7 Å². The third kappa shape index (κ3) is 3.11. The van der Waals surface area contributed by atoms with E-state index >= 15 is 0 Å². The fourth-order valence-electron chi connectivity index (χ4n) is 6.32. The second kappa shape index (κ2) is 7.14. The van der Waals surface area contributed by atoms with Crippen LogP contribution in [0.3, 0.4) is 0 Å². The molecule has 1 aliphatic heterocycles. The van der Waals surface area contributed by atoms with Crippen LogP contribution in [0.5, 0.6) is 0 Å². The van der Waals surface area contributed by atoms with Crippen LogP contribution >= 0.6 is 0 Å². The van der Waals surface area contributed by atoms with Crippen LogP contribution in [-0.4, -0.2) is 42.1 Å². The summed E-state index contributed by atoms with van der Waals surface area (Å²) < 4.78 is 6.17. The van der Waals surface area contributed by atoms with Gasteiger partial charge in [0.05, 0.1) is 11.7 Å². The summed E-state index contributed by atoms with van der Waals surface area (Å²) in [4.78, 5) is 28.2. The van der Waals surface area contributed by atoms with Crippen molar-refractivity contribution in [3.8, 4) is 0 Å². The molecular weight excluding hydrogens is 354 g/mol. The summed E-state index contributed by atoms with van der Waals surface area (Å²) in [6.45, 7) is 7.56. The lowest BCUT2D eigenvalue weighted by atomic mass is 9.59. The molecule has 1 unspecified atom stereocenters. The molecule has 2 amide bonds. The predicted molar refractivity (Wildman–Crippen MR) is 106 cm³/mol. The van der Waals surface area contributed by atoms with E-state index in [2.05, 4.69) is 29.5 Å². The zero-order valence-corrected chi connectivity index (χ0v) is 17.0. The number of carbonyl (C=O) groups excluding carboxylic acids is 2. The smallest absolute Gasteiger partial charge is 0.252 e. The van der Waals surface area contributed by atoms with Crippen LogP contribution in [0, 0.1) is 22.7 Å². The minimum atomic E-state index is -0.0937. The van der Waals surface area contributed by atoms with E-state index in [1.807, 2.05) is 0 Å². The standard InChI is InChI=1S/C22H31N3O3/c1-14(26)25-20-21(2,3)16-11-17-18(28-10-7-22(17,20)12-16)6-9-24-19(27)15-5-4-8-23-13-15/h4-5,8,13,16-18,20H,6-7,9-12H2,1-3H3,(H,24,27)(H,25,26)/t16-,17-,18-,20+,22?/m1/s1. The summed E-state index contributed by atoms with van der Waals surface area (Å²) in [5.74, 6) is 1.03. The Labute approximate surface area is 166 Å². The van der Waals surface area contributed by atoms with Gasteiger partial charge in [-0.25, -0.2) is 0 Å². The number of hydrogen-bond donors (Lipinski definition) is 2. The lowest BCUT2D eigenvalue weighted by molar-refractivity contribution is -0.135. The number of ether oxygens (including phenoxy) is 1. The molecule has 0 aromatic carbocycles. The first kappa shape index (κ1) is 19.4. The molecule has 6 heteroatoms. The molecule has 4 rings (SSSR count). The van der Waals surface area contributed by atoms with E-state index in [0.717, 1.165) is 25.9 Å². The maximum atomic E-state index is 12.3. The third-order valence-corrected chi connectivity index (χ3v) is 7.61. The highest BCUT2D eigenvalue weighted by molar-refractivity contribution is 5.93. The average molecular weight is 386 g/mol. The van der Waals surface area contributed by atoms with E-state index < -0.39 is 0 Å². The van der Waals surface area contributed by atoms with Crippen LogP contribution in [0.4, 0.5) is 0 Å². The Morgan fingerprint density at radius 2 is 2.18 bits per heavy atom. The number of hydrogen-bond acceptors (Lipinski definition) is 4. The maximum Gasteiger partial charge on any atom is 0.252 e. The van der Waals surface area contributed by atoms with Crippen molar-refractivity contribution in [1.82, 2.24) is 15.6 Å². The average Bonchev–Trinajstić information content (AvgIpc) is 3.16. The molecule has 3 fully saturated rings. The molecule has 5 atom stereocenters. The van der Waals surface area contributed by atoms with Gasteiger partial charge in [-0.1, -0.05) is 13.8 Å². The van der Waals surface area contributed by atoms with Gasteiger partial charge < -0.3 is 15.4 Å². The largest absolute Gasteiger partial charge is 0.378 e. The topological polar surface area (TPSA) is 80.3 Å². The zero-order valence-electron chi connectivity index (χ0n) is 17.0. The number of rotatable bonds is 5. The molecule has 6 nitrogen and oxygen atoms in total. The molecule has 3 aliphatic rings. The van der Waals surface area contributed by atoms with Gasteiger partial charge in [0.1, 0.15) is 0 Å². The number of amides is 2. The monoisotopic (exact) mass is 385 g/mol. The Balaban J connectivity index is 1.42. The molecule has 1 aromatic rings. The SMILES string of the molecule is CC(=O)N[C@H]1C(C)(C)[C@@H]2C[C@@H]3[C@@H](CCNC(=O)c4cccnc4)OCCC31C2. The van der Waals surface area contributed by atoms with Crippen LogP contribution in [-0.2, 0) is 9.53 Å². The normalized spacial score (nSPS) is 35.2. The van der Waals surface area contributed by atoms with E-state index in [9.17, 15) is 9.59 Å². The Morgan fingerprint density at radius 3 is 2.89 bits per heavy atom. The van der Waals surface area contributed by atoms with Gasteiger partial charge in [0, 0.05) is 38.5 Å². The zero-order chi connectivity index (χ0) is 19.9. The van der Waals surface area contributed by atoms with Gasteiger partial charge in [-0.05, 0) is 60.5 Å². The van der Waals surface area contributed by atoms with E-state index in [-0.39, 0.29) is 34.8 Å². The van der Waals surface area contributed by atoms with E-state index in [0.29, 0.717) is 23.9 Å². The fourth-order valence-corrected chi connectivity index (χ4v) is 6.32. The number of pyridine rings is 1. The Kier molecular flexibility index (Phi) is 4.94. The summed E-state index contributed by atoms with van der Waals surface area (Å²) in [6, 6.07) is 3.74. The molecule has 1 spiro atoms. The lowest BCUT2D eigenvalue weighted by Crippen LogP contribution is -2.60. The van der Waals surface area contributed by atoms with Crippen molar-refractivity contribution in [3.63, 3.8) is 0 Å². The molecule has 152 valence electrons. The predicted octanol–water partition coefficient (Wildman–Crippen LogP) is 2.55. The van der Waals surface area contributed by atoms with Crippen LogP contribution in [0.1, 0.15) is 56.8 Å². The van der Waals surface area contributed by atoms with Gasteiger partial charge in [-0.2, -0.15) is 0 Å². The second-order valence-electron chi connectivity index (χ2n) is 9.38. The maximum absolute atomic E-state index is 12.3. The number of nitrogens with one attached hydrogen (secondary N) is 2. The van der Waals surface area contributed by atoms with E-state index in [4.69, 9.17) is 4.74 Å². The van der Waals surface area contributed by atoms with Gasteiger partial charge >= 0.3 is 0 Å².